The molecule has 2 unspecified atom stereocenters. The van der Waals surface area contributed by atoms with Crippen molar-refractivity contribution in [1.82, 2.24) is 35.8 Å². The van der Waals surface area contributed by atoms with Crippen LogP contribution in [0.1, 0.15) is 62.2 Å². The third kappa shape index (κ3) is 4.53. The van der Waals surface area contributed by atoms with E-state index in [4.69, 9.17) is 4.42 Å². The average molecular weight is 450 g/mol. The van der Waals surface area contributed by atoms with Crippen molar-refractivity contribution in [1.29, 1.82) is 0 Å². The van der Waals surface area contributed by atoms with Crippen molar-refractivity contribution in [3.8, 4) is 5.95 Å². The average Bonchev–Trinajstić information content (AvgIpc) is 3.43. The second kappa shape index (κ2) is 9.49. The van der Waals surface area contributed by atoms with Gasteiger partial charge in [-0.1, -0.05) is 18.9 Å². The molecule has 0 amide bonds. The number of rotatable bonds is 1. The Morgan fingerprint density at radius 3 is 2.43 bits per heavy atom. The topological polar surface area (TPSA) is 96.6 Å². The van der Waals surface area contributed by atoms with Gasteiger partial charge in [0.05, 0.1) is 6.04 Å². The van der Waals surface area contributed by atoms with Crippen molar-refractivity contribution in [3.63, 3.8) is 0 Å². The molecule has 0 fully saturated rings. The van der Waals surface area contributed by atoms with E-state index in [1.165, 1.54) is 16.7 Å². The zero-order valence-corrected chi connectivity index (χ0v) is 18.4. The smallest absolute Gasteiger partial charge is 0.273 e. The van der Waals surface area contributed by atoms with Gasteiger partial charge in [0, 0.05) is 18.4 Å². The van der Waals surface area contributed by atoms with Crippen LogP contribution in [0.3, 0.4) is 0 Å². The molecule has 0 radical (unpaired) electrons. The van der Waals surface area contributed by atoms with Crippen LogP contribution in [0.4, 0.5) is 0 Å². The van der Waals surface area contributed by atoms with E-state index in [-0.39, 0.29) is 0 Å². The Labute approximate surface area is 173 Å². The predicted octanol–water partition coefficient (Wildman–Crippen LogP) is 3.47. The van der Waals surface area contributed by atoms with Crippen molar-refractivity contribution >= 4 is 15.9 Å². The van der Waals surface area contributed by atoms with Crippen LogP contribution in [0, 0.1) is 0 Å². The normalized spacial score (nSPS) is 20.2. The Bertz CT molecular complexity index is 871. The monoisotopic (exact) mass is 449 g/mol. The molecule has 3 N–H and O–H groups in total. The number of hydrogen-bond donors (Lipinski definition) is 3. The molecular formula is C19H28BrN7O. The fraction of sp³-hybridized carbons (Fsp3) is 0.526. The van der Waals surface area contributed by atoms with Crippen molar-refractivity contribution < 1.29 is 4.42 Å². The molecule has 28 heavy (non-hydrogen) atoms. The molecular weight excluding hydrogens is 422 g/mol. The second-order valence-electron chi connectivity index (χ2n) is 6.65. The molecule has 3 aromatic heterocycles. The maximum Gasteiger partial charge on any atom is 0.273 e. The Hall–Kier alpha value is -1.97. The summed E-state index contributed by atoms with van der Waals surface area (Å²) in [4.78, 5) is 0. The highest BCUT2D eigenvalue weighted by atomic mass is 79.9. The number of aromatic nitrogens is 5. The number of furan rings is 1. The van der Waals surface area contributed by atoms with E-state index in [1.807, 2.05) is 18.4 Å². The first-order valence-electron chi connectivity index (χ1n) is 9.81. The summed E-state index contributed by atoms with van der Waals surface area (Å²) in [6, 6.07) is 2.83. The lowest BCUT2D eigenvalue weighted by molar-refractivity contribution is 0.399. The van der Waals surface area contributed by atoms with Gasteiger partial charge >= 0.3 is 0 Å². The van der Waals surface area contributed by atoms with Crippen LogP contribution in [-0.4, -0.2) is 38.3 Å². The second-order valence-corrected chi connectivity index (χ2v) is 7.43. The summed E-state index contributed by atoms with van der Waals surface area (Å²) in [5, 5.41) is 20.7. The quantitative estimate of drug-likeness (QED) is 0.526. The molecule has 0 bridgehead atoms. The van der Waals surface area contributed by atoms with E-state index in [9.17, 15) is 0 Å². The van der Waals surface area contributed by atoms with Crippen molar-refractivity contribution in [2.24, 2.45) is 0 Å². The van der Waals surface area contributed by atoms with E-state index in [0.717, 1.165) is 36.4 Å². The first-order chi connectivity index (χ1) is 13.6. The Balaban J connectivity index is 0.000000154. The molecule has 8 nitrogen and oxygen atoms in total. The van der Waals surface area contributed by atoms with Crippen LogP contribution in [0.5, 0.6) is 0 Å². The highest BCUT2D eigenvalue weighted by Gasteiger charge is 2.20. The molecule has 0 saturated heterocycles. The Kier molecular flexibility index (Phi) is 7.03. The van der Waals surface area contributed by atoms with Gasteiger partial charge in [-0.2, -0.15) is 5.21 Å². The predicted molar refractivity (Wildman–Crippen MR) is 112 cm³/mol. The molecule has 0 aliphatic carbocycles. The van der Waals surface area contributed by atoms with E-state index < -0.39 is 0 Å². The molecule has 0 spiro atoms. The van der Waals surface area contributed by atoms with Gasteiger partial charge in [-0.15, -0.1) is 5.10 Å². The number of halogens is 1. The van der Waals surface area contributed by atoms with Crippen LogP contribution in [0.2, 0.25) is 0 Å². The summed E-state index contributed by atoms with van der Waals surface area (Å²) < 4.78 is 8.23. The highest BCUT2D eigenvalue weighted by molar-refractivity contribution is 9.10. The van der Waals surface area contributed by atoms with Gasteiger partial charge in [0.25, 0.3) is 5.95 Å². The van der Waals surface area contributed by atoms with E-state index >= 15 is 0 Å². The minimum absolute atomic E-state index is 0.366. The third-order valence-corrected chi connectivity index (χ3v) is 5.26. The van der Waals surface area contributed by atoms with Gasteiger partial charge in [0.2, 0.25) is 0 Å². The zero-order chi connectivity index (χ0) is 20.1. The van der Waals surface area contributed by atoms with Crippen molar-refractivity contribution in [3.05, 3.63) is 45.6 Å². The first-order valence-corrected chi connectivity index (χ1v) is 10.6. The van der Waals surface area contributed by atoms with Crippen molar-refractivity contribution in [2.75, 3.05) is 13.1 Å². The van der Waals surface area contributed by atoms with Gasteiger partial charge in [-0.25, -0.2) is 0 Å². The summed E-state index contributed by atoms with van der Waals surface area (Å²) >= 11 is 3.33. The summed E-state index contributed by atoms with van der Waals surface area (Å²) in [7, 11) is 0. The summed E-state index contributed by atoms with van der Waals surface area (Å²) in [5.41, 5.74) is 4.03. The van der Waals surface area contributed by atoms with Crippen LogP contribution in [-0.2, 0) is 12.8 Å². The van der Waals surface area contributed by atoms with E-state index in [2.05, 4.69) is 79.5 Å². The minimum atomic E-state index is 0.366. The van der Waals surface area contributed by atoms with Gasteiger partial charge in [0.15, 0.2) is 4.67 Å². The molecule has 152 valence electrons. The molecule has 2 aliphatic rings. The number of nitrogens with zero attached hydrogens (tertiary/aromatic N) is 4. The van der Waals surface area contributed by atoms with Gasteiger partial charge in [-0.05, 0) is 83.7 Å². The molecule has 0 saturated carbocycles. The van der Waals surface area contributed by atoms with E-state index in [1.54, 1.807) is 0 Å². The third-order valence-electron chi connectivity index (χ3n) is 4.87. The Morgan fingerprint density at radius 2 is 1.79 bits per heavy atom. The fourth-order valence-electron chi connectivity index (χ4n) is 3.51. The first kappa shape index (κ1) is 20.8. The molecule has 2 aliphatic heterocycles. The number of tetrazole rings is 1. The summed E-state index contributed by atoms with van der Waals surface area (Å²) in [5.74, 6) is 1.68. The summed E-state index contributed by atoms with van der Waals surface area (Å²) in [6.45, 7) is 10.4. The number of nitrogens with one attached hydrogen (secondary N) is 3. The number of hydrogen-bond acceptors (Lipinski definition) is 6. The van der Waals surface area contributed by atoms with Crippen LogP contribution >= 0.6 is 15.9 Å². The molecule has 9 heteroatoms. The molecule has 2 atom stereocenters. The SMILES string of the molecule is CC.CC1NCCc2cc(Br)oc21.CC1NCCc2cn(-c3nn[nH]n3)cc21. The number of fused-ring (bicyclic) bond motifs is 2. The van der Waals surface area contributed by atoms with E-state index in [0.29, 0.717) is 18.0 Å². The number of aromatic amines is 1. The zero-order valence-electron chi connectivity index (χ0n) is 16.8. The van der Waals surface area contributed by atoms with Gasteiger partial charge in [-0.3, -0.25) is 4.57 Å². The van der Waals surface area contributed by atoms with Gasteiger partial charge < -0.3 is 15.1 Å². The lowest BCUT2D eigenvalue weighted by Gasteiger charge is -2.19. The fourth-order valence-corrected chi connectivity index (χ4v) is 3.96. The molecule has 0 aromatic carbocycles. The van der Waals surface area contributed by atoms with Gasteiger partial charge in [0.1, 0.15) is 5.76 Å². The highest BCUT2D eigenvalue weighted by Crippen LogP contribution is 2.28. The molecule has 3 aromatic rings. The van der Waals surface area contributed by atoms with Crippen LogP contribution < -0.4 is 10.6 Å². The molecule has 5 heterocycles. The van der Waals surface area contributed by atoms with Crippen LogP contribution in [0.15, 0.2) is 27.5 Å². The maximum absolute atomic E-state index is 5.47. The standard InChI is InChI=1S/C9H12N6.C8H10BrNO.C2H6/c1-6-8-5-15(9-11-13-14-12-9)4-7(8)2-3-10-6;1-5-8-6(2-3-10-5)4-7(9)11-8;1-2/h4-6,10H,2-3H2,1H3,(H,11,12,13,14);4-5,10H,2-3H2,1H3;1-2H3. The molecule has 5 rings (SSSR count). The lowest BCUT2D eigenvalue weighted by atomic mass is 10.0. The summed E-state index contributed by atoms with van der Waals surface area (Å²) in [6.07, 6.45) is 6.29. The van der Waals surface area contributed by atoms with Crippen molar-refractivity contribution in [2.45, 2.75) is 52.6 Å². The van der Waals surface area contributed by atoms with Crippen LogP contribution in [0.25, 0.3) is 5.95 Å². The largest absolute Gasteiger partial charge is 0.452 e. The number of H-pyrrole nitrogens is 1. The minimum Gasteiger partial charge on any atom is -0.452 e. The maximum atomic E-state index is 5.47. The lowest BCUT2D eigenvalue weighted by Crippen LogP contribution is -2.26. The Morgan fingerprint density at radius 1 is 1.07 bits per heavy atom.